The summed E-state index contributed by atoms with van der Waals surface area (Å²) in [4.78, 5) is 23.4. The topological polar surface area (TPSA) is 67.9 Å². The van der Waals surface area contributed by atoms with Crippen LogP contribution in [0, 0.1) is 6.92 Å². The van der Waals surface area contributed by atoms with E-state index >= 15 is 0 Å². The van der Waals surface area contributed by atoms with E-state index in [1.165, 1.54) is 7.11 Å². The Morgan fingerprint density at radius 3 is 2.71 bits per heavy atom. The van der Waals surface area contributed by atoms with Crippen molar-refractivity contribution in [1.82, 2.24) is 5.43 Å². The Kier molecular flexibility index (Phi) is 7.45. The molecule has 0 aliphatic rings. The van der Waals surface area contributed by atoms with Gasteiger partial charge in [-0.2, -0.15) is 0 Å². The van der Waals surface area contributed by atoms with E-state index in [0.717, 1.165) is 10.6 Å². The number of amides is 1. The summed E-state index contributed by atoms with van der Waals surface area (Å²) in [5.41, 5.74) is 4.03. The Balaban J connectivity index is 2.96. The summed E-state index contributed by atoms with van der Waals surface area (Å²) in [7, 11) is 1.33. The fraction of sp³-hybridized carbons (Fsp3) is 0.385. The molecule has 1 N–H and O–H groups in total. The van der Waals surface area contributed by atoms with Gasteiger partial charge < -0.3 is 9.47 Å². The van der Waals surface area contributed by atoms with Gasteiger partial charge in [0.15, 0.2) is 0 Å². The second-order valence-electron chi connectivity index (χ2n) is 4.04. The van der Waals surface area contributed by atoms with E-state index in [0.29, 0.717) is 17.3 Å². The average Bonchev–Trinajstić information content (AvgIpc) is 2.43. The van der Waals surface area contributed by atoms with E-state index in [-0.39, 0.29) is 12.5 Å². The predicted octanol–water partition coefficient (Wildman–Crippen LogP) is 2.51. The lowest BCUT2D eigenvalue weighted by atomic mass is 10.2. The largest absolute Gasteiger partial charge is 0.436 e. The summed E-state index contributed by atoms with van der Waals surface area (Å²) in [6, 6.07) is 5.03. The molecule has 0 heterocycles. The number of alkyl halides is 1. The van der Waals surface area contributed by atoms with Gasteiger partial charge in [-0.1, -0.05) is 17.7 Å². The molecular formula is C13H16Cl2N2O4. The lowest BCUT2D eigenvalue weighted by molar-refractivity contribution is -0.141. The molecule has 0 aliphatic heterocycles. The van der Waals surface area contributed by atoms with Crippen molar-refractivity contribution in [2.24, 2.45) is 0 Å². The van der Waals surface area contributed by atoms with Crippen LogP contribution in [0.1, 0.15) is 5.56 Å². The first-order chi connectivity index (χ1) is 9.99. The zero-order valence-corrected chi connectivity index (χ0v) is 13.2. The number of anilines is 1. The summed E-state index contributed by atoms with van der Waals surface area (Å²) in [6.07, 6.45) is -0.882. The molecule has 1 aromatic rings. The van der Waals surface area contributed by atoms with E-state index in [4.69, 9.17) is 23.2 Å². The highest BCUT2D eigenvalue weighted by Gasteiger charge is 2.22. The first-order valence-electron chi connectivity index (χ1n) is 6.09. The molecule has 0 atom stereocenters. The number of esters is 1. The van der Waals surface area contributed by atoms with Crippen molar-refractivity contribution in [2.75, 3.05) is 31.2 Å². The van der Waals surface area contributed by atoms with Crippen molar-refractivity contribution in [1.29, 1.82) is 0 Å². The van der Waals surface area contributed by atoms with Gasteiger partial charge in [-0.3, -0.25) is 0 Å². The quantitative estimate of drug-likeness (QED) is 0.374. The van der Waals surface area contributed by atoms with E-state index in [9.17, 15) is 9.59 Å². The Bertz CT molecular complexity index is 511. The molecule has 1 aromatic carbocycles. The molecule has 0 fully saturated rings. The molecule has 0 unspecified atom stereocenters. The molecule has 8 heteroatoms. The number of nitrogens with zero attached hydrogens (tertiary/aromatic N) is 1. The number of hydrazine groups is 1. The van der Waals surface area contributed by atoms with Crippen molar-refractivity contribution in [3.8, 4) is 0 Å². The van der Waals surface area contributed by atoms with Crippen LogP contribution in [0.4, 0.5) is 10.5 Å². The van der Waals surface area contributed by atoms with Crippen LogP contribution in [0.3, 0.4) is 0 Å². The maximum Gasteiger partial charge on any atom is 0.436 e. The number of nitrogens with one attached hydrogen (secondary N) is 1. The highest BCUT2D eigenvalue weighted by molar-refractivity contribution is 6.31. The molecule has 0 aliphatic carbocycles. The zero-order valence-electron chi connectivity index (χ0n) is 11.7. The number of aryl methyl sites for hydroxylation is 1. The minimum atomic E-state index is -0.882. The lowest BCUT2D eigenvalue weighted by Crippen LogP contribution is -2.45. The number of hydrogen-bond acceptors (Lipinski definition) is 5. The number of benzene rings is 1. The first-order valence-corrected chi connectivity index (χ1v) is 7.00. The van der Waals surface area contributed by atoms with Crippen molar-refractivity contribution >= 4 is 41.0 Å². The molecule has 6 nitrogen and oxygen atoms in total. The molecule has 116 valence electrons. The number of carbonyl (C=O) groups is 2. The molecule has 0 radical (unpaired) electrons. The van der Waals surface area contributed by atoms with E-state index in [1.54, 1.807) is 25.1 Å². The summed E-state index contributed by atoms with van der Waals surface area (Å²) in [6.45, 7) is 1.79. The van der Waals surface area contributed by atoms with Crippen LogP contribution in [0.2, 0.25) is 5.02 Å². The number of methoxy groups -OCH3 is 1. The minimum Gasteiger partial charge on any atom is -0.373 e. The Morgan fingerprint density at radius 2 is 2.10 bits per heavy atom. The zero-order chi connectivity index (χ0) is 15.8. The van der Waals surface area contributed by atoms with Crippen LogP contribution >= 0.6 is 23.2 Å². The Morgan fingerprint density at radius 1 is 1.38 bits per heavy atom. The lowest BCUT2D eigenvalue weighted by Gasteiger charge is -2.23. The van der Waals surface area contributed by atoms with Gasteiger partial charge in [0.2, 0.25) is 0 Å². The van der Waals surface area contributed by atoms with E-state index < -0.39 is 12.1 Å². The van der Waals surface area contributed by atoms with Crippen LogP contribution in [0.15, 0.2) is 18.2 Å². The van der Waals surface area contributed by atoms with Gasteiger partial charge >= 0.3 is 12.1 Å². The molecule has 21 heavy (non-hydrogen) atoms. The third kappa shape index (κ3) is 5.51. The van der Waals surface area contributed by atoms with Gasteiger partial charge in [0.1, 0.15) is 6.61 Å². The van der Waals surface area contributed by atoms with Crippen LogP contribution in [-0.2, 0) is 14.3 Å². The summed E-state index contributed by atoms with van der Waals surface area (Å²) >= 11 is 11.5. The third-order valence-corrected chi connectivity index (χ3v) is 2.85. The maximum absolute atomic E-state index is 12.1. The van der Waals surface area contributed by atoms with Crippen molar-refractivity contribution in [3.63, 3.8) is 0 Å². The van der Waals surface area contributed by atoms with Crippen molar-refractivity contribution in [2.45, 2.75) is 6.92 Å². The highest BCUT2D eigenvalue weighted by Crippen LogP contribution is 2.23. The fourth-order valence-corrected chi connectivity index (χ4v) is 1.77. The van der Waals surface area contributed by atoms with Crippen LogP contribution in [-0.4, -0.2) is 38.2 Å². The molecular weight excluding hydrogens is 319 g/mol. The van der Waals surface area contributed by atoms with Crippen molar-refractivity contribution in [3.05, 3.63) is 28.8 Å². The molecule has 1 rings (SSSR count). The van der Waals surface area contributed by atoms with Gasteiger partial charge in [-0.05, 0) is 24.6 Å². The second-order valence-corrected chi connectivity index (χ2v) is 4.85. The molecule has 0 saturated heterocycles. The van der Waals surface area contributed by atoms with Gasteiger partial charge in [0.25, 0.3) is 0 Å². The number of halogens is 2. The fourth-order valence-electron chi connectivity index (χ4n) is 1.52. The van der Waals surface area contributed by atoms with E-state index in [1.807, 2.05) is 0 Å². The standard InChI is InChI=1S/C13H16Cl2N2O4/c1-9-3-4-10(15)7-11(9)17(16-6-5-14)13(19)21-12(18)8-20-2/h3-4,7,16H,5-6,8H2,1-2H3. The first kappa shape index (κ1) is 17.7. The van der Waals surface area contributed by atoms with Crippen LogP contribution in [0.25, 0.3) is 0 Å². The maximum atomic E-state index is 12.1. The van der Waals surface area contributed by atoms with Gasteiger partial charge in [-0.25, -0.2) is 20.0 Å². The molecule has 0 aromatic heterocycles. The number of ether oxygens (including phenoxy) is 2. The normalized spacial score (nSPS) is 10.3. The van der Waals surface area contributed by atoms with Crippen LogP contribution in [0.5, 0.6) is 0 Å². The SMILES string of the molecule is COCC(=O)OC(=O)N(NCCCl)c1cc(Cl)ccc1C. The number of hydrogen-bond donors (Lipinski definition) is 1. The summed E-state index contributed by atoms with van der Waals surface area (Å²) in [5.74, 6) is -0.519. The van der Waals surface area contributed by atoms with Gasteiger partial charge in [0.05, 0.1) is 5.69 Å². The number of rotatable bonds is 6. The van der Waals surface area contributed by atoms with Crippen molar-refractivity contribution < 1.29 is 19.1 Å². The average molecular weight is 335 g/mol. The summed E-state index contributed by atoms with van der Waals surface area (Å²) in [5, 5.41) is 1.54. The smallest absolute Gasteiger partial charge is 0.373 e. The van der Waals surface area contributed by atoms with Crippen LogP contribution < -0.4 is 10.4 Å². The molecule has 1 amide bonds. The van der Waals surface area contributed by atoms with E-state index in [2.05, 4.69) is 14.9 Å². The second kappa shape index (κ2) is 8.84. The van der Waals surface area contributed by atoms with Gasteiger partial charge in [0, 0.05) is 24.6 Å². The molecule has 0 saturated carbocycles. The summed E-state index contributed by atoms with van der Waals surface area (Å²) < 4.78 is 9.28. The Hall–Kier alpha value is -1.34. The third-order valence-electron chi connectivity index (χ3n) is 2.42. The Labute approximate surface area is 132 Å². The molecule has 0 bridgehead atoms. The predicted molar refractivity (Wildman–Crippen MR) is 80.8 cm³/mol. The monoisotopic (exact) mass is 334 g/mol. The number of carbonyl (C=O) groups excluding carboxylic acids is 2. The van der Waals surface area contributed by atoms with Gasteiger partial charge in [-0.15, -0.1) is 11.6 Å². The highest BCUT2D eigenvalue weighted by atomic mass is 35.5. The molecule has 0 spiro atoms. The minimum absolute atomic E-state index is 0.273.